The third kappa shape index (κ3) is 5.10. The third-order valence-corrected chi connectivity index (χ3v) is 1.59. The molecule has 0 aliphatic carbocycles. The fourth-order valence-electron chi connectivity index (χ4n) is 0.123. The molecule has 1 nitrogen and oxygen atoms in total. The molecule has 1 unspecified atom stereocenters. The number of rotatable bonds is 1. The summed E-state index contributed by atoms with van der Waals surface area (Å²) in [6, 6.07) is 0. The van der Waals surface area contributed by atoms with Gasteiger partial charge in [0.25, 0.3) is 0 Å². The zero-order chi connectivity index (χ0) is 4.99. The van der Waals surface area contributed by atoms with E-state index in [0.717, 1.165) is 6.61 Å². The SMILES string of the molecule is B#[SH](I)OCC. The third-order valence-electron chi connectivity index (χ3n) is 0.252. The van der Waals surface area contributed by atoms with Crippen molar-refractivity contribution in [3.05, 3.63) is 0 Å². The maximum atomic E-state index is 5.23. The van der Waals surface area contributed by atoms with Gasteiger partial charge in [-0.2, -0.15) is 0 Å². The van der Waals surface area contributed by atoms with Gasteiger partial charge in [0.2, 0.25) is 0 Å². The van der Waals surface area contributed by atoms with Gasteiger partial charge in [-0.3, -0.25) is 0 Å². The molecule has 0 rings (SSSR count). The summed E-state index contributed by atoms with van der Waals surface area (Å²) >= 11 is 2.06. The predicted molar refractivity (Wildman–Crippen MR) is 40.4 cm³/mol. The van der Waals surface area contributed by atoms with Crippen LogP contribution in [0.3, 0.4) is 0 Å². The molecule has 0 saturated heterocycles. The first-order valence-corrected chi connectivity index (χ1v) is 5.72. The van der Waals surface area contributed by atoms with E-state index in [1.807, 2.05) is 6.92 Å². The van der Waals surface area contributed by atoms with E-state index in [-0.39, 0.29) is 0 Å². The Balaban J connectivity index is 2.91. The Hall–Kier alpha value is 1.10. The first-order valence-electron chi connectivity index (χ1n) is 1.61. The summed E-state index contributed by atoms with van der Waals surface area (Å²) in [6.07, 6.45) is 0. The van der Waals surface area contributed by atoms with Crippen molar-refractivity contribution < 1.29 is 4.18 Å². The quantitative estimate of drug-likeness (QED) is 0.395. The summed E-state index contributed by atoms with van der Waals surface area (Å²) < 4.78 is 4.87. The van der Waals surface area contributed by atoms with E-state index in [4.69, 9.17) is 10.7 Å². The fraction of sp³-hybridized carbons (Fsp3) is 1.00. The van der Waals surface area contributed by atoms with Gasteiger partial charge in [0.15, 0.2) is 0 Å². The number of hydrogen-bond acceptors (Lipinski definition) is 1. The van der Waals surface area contributed by atoms with E-state index < -0.39 is 7.58 Å². The monoisotopic (exact) mass is 216 g/mol. The normalized spacial score (nSPS) is 14.7. The van der Waals surface area contributed by atoms with Crippen LogP contribution in [-0.4, -0.2) is 13.1 Å². The molecular weight excluding hydrogens is 210 g/mol. The Kier molecular flexibility index (Phi) is 5.05. The molecule has 0 amide bonds. The fourth-order valence-corrected chi connectivity index (χ4v) is 1.21. The summed E-state index contributed by atoms with van der Waals surface area (Å²) in [5, 5.41) is 0. The first kappa shape index (κ1) is 7.10. The predicted octanol–water partition coefficient (Wildman–Crippen LogP) is 1.37. The molecule has 0 radical (unpaired) electrons. The standard InChI is InChI=1S/C2H6BIOS/c1-2-5-6(3)4/h6H,2H2,1H3. The Morgan fingerprint density at radius 3 is 2.50 bits per heavy atom. The van der Waals surface area contributed by atoms with Crippen LogP contribution in [0.25, 0.3) is 0 Å². The molecule has 6 heavy (non-hydrogen) atoms. The average Bonchev–Trinajstić information content (AvgIpc) is 1.35. The van der Waals surface area contributed by atoms with Crippen molar-refractivity contribution >= 4 is 35.3 Å². The molecule has 0 fully saturated rings. The molecule has 0 aliphatic heterocycles. The van der Waals surface area contributed by atoms with Gasteiger partial charge in [0, 0.05) is 0 Å². The minimum atomic E-state index is -0.631. The maximum absolute atomic E-state index is 5.23. The van der Waals surface area contributed by atoms with Crippen LogP contribution in [0.1, 0.15) is 6.92 Å². The van der Waals surface area contributed by atoms with E-state index in [1.165, 1.54) is 0 Å². The minimum absolute atomic E-state index is 0.631. The molecular formula is C2H6BIOS. The second kappa shape index (κ2) is 4.27. The average molecular weight is 216 g/mol. The Labute approximate surface area is 53.1 Å². The summed E-state index contributed by atoms with van der Waals surface area (Å²) in [4.78, 5) is 0. The van der Waals surface area contributed by atoms with Gasteiger partial charge < -0.3 is 0 Å². The molecule has 0 heterocycles. The molecule has 0 saturated carbocycles. The molecule has 0 bridgehead atoms. The number of hydrogen-bond donors (Lipinski definition) is 1. The van der Waals surface area contributed by atoms with Crippen molar-refractivity contribution in [1.29, 1.82) is 0 Å². The van der Waals surface area contributed by atoms with Crippen LogP contribution in [0.2, 0.25) is 0 Å². The van der Waals surface area contributed by atoms with Crippen LogP contribution in [0, 0.1) is 0 Å². The zero-order valence-electron chi connectivity index (χ0n) is 3.52. The van der Waals surface area contributed by atoms with Crippen LogP contribution in [0.5, 0.6) is 0 Å². The van der Waals surface area contributed by atoms with Crippen LogP contribution in [0.4, 0.5) is 0 Å². The molecule has 0 aromatic carbocycles. The van der Waals surface area contributed by atoms with Gasteiger partial charge in [-0.25, -0.2) is 0 Å². The van der Waals surface area contributed by atoms with Crippen molar-refractivity contribution in [1.82, 2.24) is 0 Å². The van der Waals surface area contributed by atoms with Gasteiger partial charge in [0.1, 0.15) is 0 Å². The summed E-state index contributed by atoms with van der Waals surface area (Å²) in [5.74, 6) is 0. The topological polar surface area (TPSA) is 9.23 Å². The number of halogens is 1. The van der Waals surface area contributed by atoms with Crippen LogP contribution < -0.4 is 0 Å². The summed E-state index contributed by atoms with van der Waals surface area (Å²) in [6.45, 7) is 7.89. The van der Waals surface area contributed by atoms with Gasteiger partial charge in [-0.05, 0) is 0 Å². The Morgan fingerprint density at radius 2 is 2.50 bits per heavy atom. The van der Waals surface area contributed by atoms with Gasteiger partial charge in [-0.15, -0.1) is 0 Å². The van der Waals surface area contributed by atoms with E-state index >= 15 is 0 Å². The zero-order valence-corrected chi connectivity index (χ0v) is 6.57. The van der Waals surface area contributed by atoms with Crippen molar-refractivity contribution in [3.63, 3.8) is 0 Å². The molecule has 0 aromatic rings. The van der Waals surface area contributed by atoms with E-state index in [9.17, 15) is 0 Å². The van der Waals surface area contributed by atoms with Gasteiger partial charge in [-0.1, -0.05) is 0 Å². The summed E-state index contributed by atoms with van der Waals surface area (Å²) in [7, 11) is -0.631. The molecule has 1 atom stereocenters. The molecule has 0 aromatic heterocycles. The second-order valence-corrected chi connectivity index (χ2v) is 4.34. The van der Waals surface area contributed by atoms with Crippen LogP contribution >= 0.6 is 28.8 Å². The first-order chi connectivity index (χ1) is 2.77. The van der Waals surface area contributed by atoms with Crippen molar-refractivity contribution in [2.24, 2.45) is 0 Å². The molecule has 36 valence electrons. The second-order valence-electron chi connectivity index (χ2n) is 0.690. The van der Waals surface area contributed by atoms with Gasteiger partial charge >= 0.3 is 53.0 Å². The number of thiol groups is 1. The van der Waals surface area contributed by atoms with Crippen LogP contribution in [0.15, 0.2) is 0 Å². The van der Waals surface area contributed by atoms with E-state index in [2.05, 4.69) is 21.2 Å². The van der Waals surface area contributed by atoms with Gasteiger partial charge in [0.05, 0.1) is 0 Å². The van der Waals surface area contributed by atoms with Crippen molar-refractivity contribution in [2.45, 2.75) is 6.92 Å². The Morgan fingerprint density at radius 1 is 2.00 bits per heavy atom. The Bertz CT molecular complexity index is 85.3. The van der Waals surface area contributed by atoms with Crippen molar-refractivity contribution in [3.8, 4) is 0 Å². The summed E-state index contributed by atoms with van der Waals surface area (Å²) in [5.41, 5.74) is 0. The van der Waals surface area contributed by atoms with Crippen LogP contribution in [-0.2, 0) is 4.18 Å². The molecule has 0 aliphatic rings. The molecule has 0 spiro atoms. The van der Waals surface area contributed by atoms with E-state index in [1.54, 1.807) is 0 Å². The van der Waals surface area contributed by atoms with E-state index in [0.29, 0.717) is 0 Å². The molecule has 0 N–H and O–H groups in total. The molecule has 4 heteroatoms. The van der Waals surface area contributed by atoms with Crippen molar-refractivity contribution in [2.75, 3.05) is 6.61 Å².